The first kappa shape index (κ1) is 11.0. The molecule has 0 amide bonds. The monoisotopic (exact) mass is 249 g/mol. The van der Waals surface area contributed by atoms with Crippen LogP contribution in [0.5, 0.6) is 11.5 Å². The Morgan fingerprint density at radius 3 is 2.61 bits per heavy atom. The van der Waals surface area contributed by atoms with Crippen LogP contribution in [0.3, 0.4) is 0 Å². The third-order valence-electron chi connectivity index (χ3n) is 2.59. The minimum absolute atomic E-state index is 0.0285. The number of aromatic nitrogens is 1. The molecular weight excluding hydrogens is 240 g/mol. The van der Waals surface area contributed by atoms with Gasteiger partial charge in [-0.3, -0.25) is 4.98 Å². The van der Waals surface area contributed by atoms with Crippen LogP contribution in [-0.2, 0) is 0 Å². The van der Waals surface area contributed by atoms with E-state index in [1.165, 1.54) is 12.1 Å². The quantitative estimate of drug-likeness (QED) is 0.776. The first-order valence-electron chi connectivity index (χ1n) is 5.37. The van der Waals surface area contributed by atoms with Crippen molar-refractivity contribution in [2.75, 3.05) is 0 Å². The average Bonchev–Trinajstić information content (AvgIpc) is 2.61. The van der Waals surface area contributed by atoms with Crippen molar-refractivity contribution < 1.29 is 18.3 Å². The number of pyridine rings is 1. The van der Waals surface area contributed by atoms with Gasteiger partial charge in [0.2, 0.25) is 0 Å². The average molecular weight is 249 g/mol. The first-order chi connectivity index (χ1) is 8.53. The molecule has 0 bridgehead atoms. The van der Waals surface area contributed by atoms with Gasteiger partial charge >= 0.3 is 6.29 Å². The highest BCUT2D eigenvalue weighted by molar-refractivity contribution is 5.64. The van der Waals surface area contributed by atoms with Crippen molar-refractivity contribution in [3.05, 3.63) is 42.1 Å². The normalized spacial score (nSPS) is 15.7. The van der Waals surface area contributed by atoms with Crippen molar-refractivity contribution >= 4 is 0 Å². The second-order valence-corrected chi connectivity index (χ2v) is 3.99. The Bertz CT molecular complexity index is 614. The lowest BCUT2D eigenvalue weighted by molar-refractivity contribution is -0.286. The third kappa shape index (κ3) is 1.88. The molecule has 92 valence electrons. The molecule has 1 aliphatic rings. The SMILES string of the molecule is Cc1cccc(-c2ccc3c(c2)OC(F)(F)O3)n1. The first-order valence-corrected chi connectivity index (χ1v) is 5.37. The Kier molecular flexibility index (Phi) is 2.23. The van der Waals surface area contributed by atoms with Crippen molar-refractivity contribution in [2.45, 2.75) is 13.2 Å². The predicted octanol–water partition coefficient (Wildman–Crippen LogP) is 3.38. The summed E-state index contributed by atoms with van der Waals surface area (Å²) in [6, 6.07) is 10.2. The van der Waals surface area contributed by atoms with Crippen LogP contribution in [-0.4, -0.2) is 11.3 Å². The number of fused-ring (bicyclic) bond motifs is 1. The summed E-state index contributed by atoms with van der Waals surface area (Å²) < 4.78 is 34.5. The largest absolute Gasteiger partial charge is 0.586 e. The minimum atomic E-state index is -3.58. The van der Waals surface area contributed by atoms with E-state index in [4.69, 9.17) is 0 Å². The van der Waals surface area contributed by atoms with E-state index >= 15 is 0 Å². The van der Waals surface area contributed by atoms with Gasteiger partial charge in [-0.25, -0.2) is 0 Å². The van der Waals surface area contributed by atoms with E-state index in [2.05, 4.69) is 14.5 Å². The van der Waals surface area contributed by atoms with E-state index in [1.54, 1.807) is 6.07 Å². The number of aryl methyl sites for hydroxylation is 1. The fourth-order valence-corrected chi connectivity index (χ4v) is 1.81. The van der Waals surface area contributed by atoms with Crippen LogP contribution < -0.4 is 9.47 Å². The summed E-state index contributed by atoms with van der Waals surface area (Å²) in [5.74, 6) is 0.0669. The van der Waals surface area contributed by atoms with Crippen LogP contribution >= 0.6 is 0 Å². The van der Waals surface area contributed by atoms with Gasteiger partial charge in [-0.15, -0.1) is 8.78 Å². The summed E-state index contributed by atoms with van der Waals surface area (Å²) in [4.78, 5) is 4.32. The Morgan fingerprint density at radius 1 is 1.06 bits per heavy atom. The highest BCUT2D eigenvalue weighted by atomic mass is 19.3. The molecule has 2 aromatic rings. The van der Waals surface area contributed by atoms with Gasteiger partial charge in [0.05, 0.1) is 5.69 Å². The molecule has 3 nitrogen and oxygen atoms in total. The van der Waals surface area contributed by atoms with Crippen LogP contribution in [0.2, 0.25) is 0 Å². The smallest absolute Gasteiger partial charge is 0.395 e. The molecule has 0 fully saturated rings. The number of nitrogens with zero attached hydrogens (tertiary/aromatic N) is 1. The van der Waals surface area contributed by atoms with Crippen molar-refractivity contribution in [3.8, 4) is 22.8 Å². The van der Waals surface area contributed by atoms with E-state index in [9.17, 15) is 8.78 Å². The Morgan fingerprint density at radius 2 is 1.83 bits per heavy atom. The van der Waals surface area contributed by atoms with Gasteiger partial charge in [-0.05, 0) is 37.3 Å². The van der Waals surface area contributed by atoms with Gasteiger partial charge in [0.15, 0.2) is 11.5 Å². The zero-order chi connectivity index (χ0) is 12.8. The van der Waals surface area contributed by atoms with E-state index in [0.29, 0.717) is 11.3 Å². The van der Waals surface area contributed by atoms with Gasteiger partial charge in [0.1, 0.15) is 0 Å². The number of rotatable bonds is 1. The summed E-state index contributed by atoms with van der Waals surface area (Å²) in [6.45, 7) is 1.87. The zero-order valence-electron chi connectivity index (χ0n) is 9.48. The Labute approximate surface area is 102 Å². The van der Waals surface area contributed by atoms with Crippen LogP contribution in [0.4, 0.5) is 8.78 Å². The van der Waals surface area contributed by atoms with Crippen LogP contribution in [0.15, 0.2) is 36.4 Å². The molecule has 5 heteroatoms. The van der Waals surface area contributed by atoms with Crippen LogP contribution in [0, 0.1) is 6.92 Å². The molecular formula is C13H9F2NO2. The third-order valence-corrected chi connectivity index (χ3v) is 2.59. The molecule has 0 unspecified atom stereocenters. The predicted molar refractivity (Wildman–Crippen MR) is 60.6 cm³/mol. The topological polar surface area (TPSA) is 31.4 Å². The molecule has 0 radical (unpaired) electrons. The highest BCUT2D eigenvalue weighted by Crippen LogP contribution is 2.42. The number of alkyl halides is 2. The molecule has 0 aliphatic carbocycles. The van der Waals surface area contributed by atoms with Crippen molar-refractivity contribution in [1.82, 2.24) is 4.98 Å². The maximum Gasteiger partial charge on any atom is 0.586 e. The fourth-order valence-electron chi connectivity index (χ4n) is 1.81. The van der Waals surface area contributed by atoms with Crippen molar-refractivity contribution in [3.63, 3.8) is 0 Å². The second kappa shape index (κ2) is 3.66. The number of hydrogen-bond donors (Lipinski definition) is 0. The van der Waals surface area contributed by atoms with Crippen molar-refractivity contribution in [2.24, 2.45) is 0 Å². The number of benzene rings is 1. The summed E-state index contributed by atoms with van der Waals surface area (Å²) >= 11 is 0. The number of ether oxygens (including phenoxy) is 2. The summed E-state index contributed by atoms with van der Waals surface area (Å²) in [7, 11) is 0. The van der Waals surface area contributed by atoms with E-state index in [1.807, 2.05) is 25.1 Å². The maximum atomic E-state index is 12.9. The van der Waals surface area contributed by atoms with Crippen molar-refractivity contribution in [1.29, 1.82) is 0 Å². The molecule has 0 saturated carbocycles. The maximum absolute atomic E-state index is 12.9. The minimum Gasteiger partial charge on any atom is -0.395 e. The van der Waals surface area contributed by atoms with Gasteiger partial charge < -0.3 is 9.47 Å². The standard InChI is InChI=1S/C13H9F2NO2/c1-8-3-2-4-10(16-8)9-5-6-11-12(7-9)18-13(14,15)17-11/h2-7H,1H3. The molecule has 2 heterocycles. The van der Waals surface area contributed by atoms with E-state index in [0.717, 1.165) is 5.69 Å². The molecule has 3 rings (SSSR count). The fraction of sp³-hybridized carbons (Fsp3) is 0.154. The number of hydrogen-bond acceptors (Lipinski definition) is 3. The highest BCUT2D eigenvalue weighted by Gasteiger charge is 2.43. The molecule has 18 heavy (non-hydrogen) atoms. The molecule has 0 spiro atoms. The summed E-state index contributed by atoms with van der Waals surface area (Å²) in [5, 5.41) is 0. The zero-order valence-corrected chi connectivity index (χ0v) is 9.48. The molecule has 1 aliphatic heterocycles. The summed E-state index contributed by atoms with van der Waals surface area (Å²) in [6.07, 6.45) is -3.58. The summed E-state index contributed by atoms with van der Waals surface area (Å²) in [5.41, 5.74) is 2.27. The lowest BCUT2D eigenvalue weighted by Gasteiger charge is -2.04. The Hall–Kier alpha value is -2.17. The van der Waals surface area contributed by atoms with Crippen LogP contribution in [0.25, 0.3) is 11.3 Å². The van der Waals surface area contributed by atoms with Gasteiger partial charge in [0.25, 0.3) is 0 Å². The molecule has 1 aromatic heterocycles. The van der Waals surface area contributed by atoms with Gasteiger partial charge in [0, 0.05) is 11.3 Å². The van der Waals surface area contributed by atoms with E-state index < -0.39 is 6.29 Å². The lowest BCUT2D eigenvalue weighted by atomic mass is 10.1. The molecule has 0 N–H and O–H groups in total. The molecule has 0 saturated heterocycles. The van der Waals surface area contributed by atoms with Gasteiger partial charge in [-0.1, -0.05) is 6.07 Å². The Balaban J connectivity index is 2.02. The molecule has 1 aromatic carbocycles. The van der Waals surface area contributed by atoms with Gasteiger partial charge in [-0.2, -0.15) is 0 Å². The molecule has 0 atom stereocenters. The lowest BCUT2D eigenvalue weighted by Crippen LogP contribution is -2.25. The number of halogens is 2. The second-order valence-electron chi connectivity index (χ2n) is 3.99. The van der Waals surface area contributed by atoms with Crippen LogP contribution in [0.1, 0.15) is 5.69 Å². The van der Waals surface area contributed by atoms with E-state index in [-0.39, 0.29) is 11.5 Å².